The molecule has 2 aromatic heterocycles. The molecular formula is C25H24N4O3S. The zero-order valence-corrected chi connectivity index (χ0v) is 19.2. The third-order valence-electron chi connectivity index (χ3n) is 4.90. The molecule has 0 spiro atoms. The second kappa shape index (κ2) is 10.2. The molecule has 0 unspecified atom stereocenters. The van der Waals surface area contributed by atoms with Crippen LogP contribution in [0.1, 0.15) is 28.9 Å². The maximum atomic E-state index is 12.6. The highest BCUT2D eigenvalue weighted by Crippen LogP contribution is 2.20. The van der Waals surface area contributed by atoms with Gasteiger partial charge < -0.3 is 15.0 Å². The van der Waals surface area contributed by atoms with Gasteiger partial charge in [0.1, 0.15) is 23.2 Å². The van der Waals surface area contributed by atoms with Gasteiger partial charge >= 0.3 is 0 Å². The molecule has 2 heterocycles. The van der Waals surface area contributed by atoms with Crippen molar-refractivity contribution in [2.45, 2.75) is 33.3 Å². The zero-order valence-electron chi connectivity index (χ0n) is 18.4. The van der Waals surface area contributed by atoms with Crippen molar-refractivity contribution in [1.82, 2.24) is 15.0 Å². The number of nitrogens with one attached hydrogen (secondary N) is 2. The van der Waals surface area contributed by atoms with Crippen LogP contribution in [0.2, 0.25) is 0 Å². The Morgan fingerprint density at radius 2 is 1.91 bits per heavy atom. The van der Waals surface area contributed by atoms with E-state index in [9.17, 15) is 9.59 Å². The molecule has 0 bridgehead atoms. The summed E-state index contributed by atoms with van der Waals surface area (Å²) in [6.45, 7) is 4.33. The van der Waals surface area contributed by atoms with E-state index in [1.54, 1.807) is 12.1 Å². The van der Waals surface area contributed by atoms with E-state index < -0.39 is 0 Å². The number of thiazole rings is 1. The number of aromatic nitrogens is 3. The summed E-state index contributed by atoms with van der Waals surface area (Å²) >= 11 is 1.47. The van der Waals surface area contributed by atoms with Crippen LogP contribution in [0.5, 0.6) is 5.75 Å². The van der Waals surface area contributed by atoms with E-state index in [0.717, 1.165) is 16.3 Å². The number of rotatable bonds is 8. The third kappa shape index (κ3) is 6.14. The van der Waals surface area contributed by atoms with Gasteiger partial charge in [-0.3, -0.25) is 9.59 Å². The Kier molecular flexibility index (Phi) is 6.95. The van der Waals surface area contributed by atoms with Crippen molar-refractivity contribution in [1.29, 1.82) is 0 Å². The van der Waals surface area contributed by atoms with Crippen molar-refractivity contribution in [3.63, 3.8) is 0 Å². The van der Waals surface area contributed by atoms with E-state index in [2.05, 4.69) is 20.3 Å². The molecule has 0 fully saturated rings. The Hall–Kier alpha value is -3.78. The minimum absolute atomic E-state index is 0.158. The summed E-state index contributed by atoms with van der Waals surface area (Å²) in [7, 11) is 0. The second-order valence-electron chi connectivity index (χ2n) is 7.58. The summed E-state index contributed by atoms with van der Waals surface area (Å²) in [5.74, 6) is 1.09. The lowest BCUT2D eigenvalue weighted by Crippen LogP contribution is -2.15. The molecule has 0 radical (unpaired) electrons. The third-order valence-corrected chi connectivity index (χ3v) is 5.77. The van der Waals surface area contributed by atoms with Crippen LogP contribution in [0.3, 0.4) is 0 Å². The maximum Gasteiger partial charge on any atom is 0.251 e. The van der Waals surface area contributed by atoms with Crippen LogP contribution in [0.15, 0.2) is 64.8 Å². The number of H-pyrrole nitrogens is 1. The monoisotopic (exact) mass is 460 g/mol. The Balaban J connectivity index is 1.36. The fourth-order valence-corrected chi connectivity index (χ4v) is 3.92. The molecule has 33 heavy (non-hydrogen) atoms. The number of aryl methyl sites for hydroxylation is 2. The van der Waals surface area contributed by atoms with Gasteiger partial charge in [-0.25, -0.2) is 9.97 Å². The maximum absolute atomic E-state index is 12.6. The topological polar surface area (TPSA) is 97.0 Å². The fraction of sp³-hybridized carbons (Fsp3) is 0.200. The molecule has 2 aromatic carbocycles. The lowest BCUT2D eigenvalue weighted by atomic mass is 10.1. The number of carbonyl (C=O) groups is 1. The largest absolute Gasteiger partial charge is 0.486 e. The average molecular weight is 461 g/mol. The molecule has 0 aliphatic carbocycles. The van der Waals surface area contributed by atoms with E-state index in [0.29, 0.717) is 35.9 Å². The van der Waals surface area contributed by atoms with Gasteiger partial charge in [-0.05, 0) is 37.6 Å². The summed E-state index contributed by atoms with van der Waals surface area (Å²) in [5, 5.41) is 5.57. The summed E-state index contributed by atoms with van der Waals surface area (Å²) in [5.41, 5.74) is 3.74. The fourth-order valence-electron chi connectivity index (χ4n) is 3.22. The van der Waals surface area contributed by atoms with Crippen LogP contribution in [0.25, 0.3) is 11.4 Å². The first kappa shape index (κ1) is 22.4. The highest BCUT2D eigenvalue weighted by Gasteiger charge is 2.10. The Labute approximate surface area is 195 Å². The summed E-state index contributed by atoms with van der Waals surface area (Å²) in [6.07, 6.45) is 0.824. The van der Waals surface area contributed by atoms with Crippen molar-refractivity contribution >= 4 is 22.9 Å². The minimum atomic E-state index is -0.197. The van der Waals surface area contributed by atoms with E-state index >= 15 is 0 Å². The molecule has 168 valence electrons. The van der Waals surface area contributed by atoms with Crippen LogP contribution in [-0.4, -0.2) is 20.9 Å². The molecule has 4 rings (SSSR count). The molecule has 0 saturated carbocycles. The van der Waals surface area contributed by atoms with E-state index in [4.69, 9.17) is 4.74 Å². The first-order chi connectivity index (χ1) is 16.0. The van der Waals surface area contributed by atoms with Crippen molar-refractivity contribution in [3.8, 4) is 17.1 Å². The molecule has 4 aromatic rings. The van der Waals surface area contributed by atoms with Gasteiger partial charge in [-0.15, -0.1) is 11.3 Å². The van der Waals surface area contributed by atoms with E-state index in [1.807, 2.05) is 55.6 Å². The predicted molar refractivity (Wildman–Crippen MR) is 130 cm³/mol. The molecule has 2 N–H and O–H groups in total. The minimum Gasteiger partial charge on any atom is -0.486 e. The number of hydrogen-bond donors (Lipinski definition) is 2. The van der Waals surface area contributed by atoms with Crippen molar-refractivity contribution in [2.75, 3.05) is 5.32 Å². The molecule has 0 saturated heterocycles. The smallest absolute Gasteiger partial charge is 0.251 e. The summed E-state index contributed by atoms with van der Waals surface area (Å²) in [4.78, 5) is 36.1. The lowest BCUT2D eigenvalue weighted by molar-refractivity contribution is -0.115. The Bertz CT molecular complexity index is 1310. The Morgan fingerprint density at radius 3 is 2.70 bits per heavy atom. The van der Waals surface area contributed by atoms with Crippen LogP contribution in [0, 0.1) is 6.92 Å². The average Bonchev–Trinajstić information content (AvgIpc) is 3.25. The molecular weight excluding hydrogens is 436 g/mol. The summed E-state index contributed by atoms with van der Waals surface area (Å²) < 4.78 is 5.76. The zero-order chi connectivity index (χ0) is 23.2. The van der Waals surface area contributed by atoms with Crippen LogP contribution in [0.4, 0.5) is 5.69 Å². The first-order valence-corrected chi connectivity index (χ1v) is 11.5. The van der Waals surface area contributed by atoms with Crippen molar-refractivity contribution < 1.29 is 9.53 Å². The summed E-state index contributed by atoms with van der Waals surface area (Å²) in [6, 6.07) is 16.6. The highest BCUT2D eigenvalue weighted by molar-refractivity contribution is 7.09. The van der Waals surface area contributed by atoms with Gasteiger partial charge in [0, 0.05) is 28.4 Å². The molecule has 0 aliphatic heterocycles. The van der Waals surface area contributed by atoms with Gasteiger partial charge in [-0.2, -0.15) is 0 Å². The number of nitrogens with zero attached hydrogens (tertiary/aromatic N) is 2. The number of hydrogen-bond acceptors (Lipinski definition) is 6. The number of amides is 1. The van der Waals surface area contributed by atoms with Crippen molar-refractivity contribution in [3.05, 3.63) is 92.3 Å². The number of anilines is 1. The van der Waals surface area contributed by atoms with Gasteiger partial charge in [0.25, 0.3) is 5.56 Å². The van der Waals surface area contributed by atoms with Gasteiger partial charge in [0.05, 0.1) is 12.1 Å². The van der Waals surface area contributed by atoms with E-state index in [1.165, 1.54) is 23.0 Å². The lowest BCUT2D eigenvalue weighted by Gasteiger charge is -2.07. The Morgan fingerprint density at radius 1 is 1.09 bits per heavy atom. The van der Waals surface area contributed by atoms with Gasteiger partial charge in [0.2, 0.25) is 5.91 Å². The highest BCUT2D eigenvalue weighted by atomic mass is 32.1. The number of benzene rings is 2. The van der Waals surface area contributed by atoms with Crippen LogP contribution >= 0.6 is 11.3 Å². The van der Waals surface area contributed by atoms with Crippen molar-refractivity contribution in [2.24, 2.45) is 0 Å². The molecule has 0 aliphatic rings. The SMILES string of the molecule is CCc1cc(=O)[nH]c(-c2cccc(NC(=O)Cc3csc(COc4ccc(C)cc4)n3)c2)n1. The van der Waals surface area contributed by atoms with E-state index in [-0.39, 0.29) is 17.9 Å². The predicted octanol–water partition coefficient (Wildman–Crippen LogP) is 4.52. The van der Waals surface area contributed by atoms with Gasteiger partial charge in [0.15, 0.2) is 0 Å². The second-order valence-corrected chi connectivity index (χ2v) is 8.52. The quantitative estimate of drug-likeness (QED) is 0.403. The molecule has 8 heteroatoms. The van der Waals surface area contributed by atoms with Crippen LogP contribution < -0.4 is 15.6 Å². The number of carbonyl (C=O) groups excluding carboxylic acids is 1. The number of ether oxygens (including phenoxy) is 1. The van der Waals surface area contributed by atoms with Crippen LogP contribution in [-0.2, 0) is 24.2 Å². The first-order valence-electron chi connectivity index (χ1n) is 10.6. The molecule has 0 atom stereocenters. The standard InChI is InChI=1S/C25H24N4O3S/c1-3-18-12-23(31)29-25(28-18)17-5-4-6-19(11-17)26-22(30)13-20-15-33-24(27-20)14-32-21-9-7-16(2)8-10-21/h4-12,15H,3,13-14H2,1-2H3,(H,26,30)(H,28,29,31). The van der Waals surface area contributed by atoms with Gasteiger partial charge in [-0.1, -0.05) is 36.8 Å². The molecule has 1 amide bonds. The molecule has 7 nitrogen and oxygen atoms in total. The number of aromatic amines is 1. The normalized spacial score (nSPS) is 10.7.